The van der Waals surface area contributed by atoms with Gasteiger partial charge in [-0.15, -0.1) is 0 Å². The molecule has 0 aliphatic carbocycles. The van der Waals surface area contributed by atoms with Gasteiger partial charge in [0.1, 0.15) is 11.3 Å². The molecule has 0 aliphatic rings. The molecule has 0 bridgehead atoms. The first-order chi connectivity index (χ1) is 10.5. The number of hydrogen-bond donors (Lipinski definition) is 0. The first-order valence-corrected chi connectivity index (χ1v) is 7.53. The maximum Gasteiger partial charge on any atom is 0.375 e. The Morgan fingerprint density at radius 2 is 2.05 bits per heavy atom. The molecule has 0 radical (unpaired) electrons. The number of fused-ring (bicyclic) bond motifs is 1. The van der Waals surface area contributed by atoms with E-state index in [1.165, 1.54) is 0 Å². The van der Waals surface area contributed by atoms with E-state index in [2.05, 4.69) is 20.9 Å². The third-order valence-electron chi connectivity index (χ3n) is 3.48. The van der Waals surface area contributed by atoms with Crippen molar-refractivity contribution in [2.45, 2.75) is 27.4 Å². The van der Waals surface area contributed by atoms with Crippen LogP contribution in [-0.2, 0) is 11.3 Å². The van der Waals surface area contributed by atoms with Gasteiger partial charge in [-0.3, -0.25) is 0 Å². The average molecular weight is 364 g/mol. The summed E-state index contributed by atoms with van der Waals surface area (Å²) in [5.41, 5.74) is 2.19. The number of aromatic nitrogens is 1. The summed E-state index contributed by atoms with van der Waals surface area (Å²) in [6.45, 7) is 5.46. The number of carbonyl (C=O) groups excluding carboxylic acids is 1. The predicted molar refractivity (Wildman–Crippen MR) is 83.7 cm³/mol. The molecule has 0 amide bonds. The average Bonchev–Trinajstić information content (AvgIpc) is 2.97. The number of halogens is 1. The molecule has 0 fully saturated rings. The molecule has 0 saturated heterocycles. The summed E-state index contributed by atoms with van der Waals surface area (Å²) in [6.07, 6.45) is 0. The van der Waals surface area contributed by atoms with Crippen LogP contribution in [-0.4, -0.2) is 11.0 Å². The monoisotopic (exact) mass is 363 g/mol. The van der Waals surface area contributed by atoms with Crippen molar-refractivity contribution in [3.05, 3.63) is 51.3 Å². The van der Waals surface area contributed by atoms with Gasteiger partial charge >= 0.3 is 5.97 Å². The van der Waals surface area contributed by atoms with Crippen LogP contribution in [0.2, 0.25) is 0 Å². The van der Waals surface area contributed by atoms with Gasteiger partial charge in [-0.2, -0.15) is 0 Å². The maximum absolute atomic E-state index is 12.2. The molecular weight excluding hydrogens is 350 g/mol. The molecule has 1 aromatic carbocycles. The SMILES string of the molecule is Cc1nc(COC(=O)c2oc3ccc(Br)cc3c2C)oc1C. The molecule has 5 nitrogen and oxygen atoms in total. The van der Waals surface area contributed by atoms with E-state index in [4.69, 9.17) is 13.6 Å². The Morgan fingerprint density at radius 1 is 1.27 bits per heavy atom. The van der Waals surface area contributed by atoms with Gasteiger partial charge in [0, 0.05) is 15.4 Å². The molecule has 0 unspecified atom stereocenters. The minimum Gasteiger partial charge on any atom is -0.450 e. The van der Waals surface area contributed by atoms with Crippen LogP contribution in [0.4, 0.5) is 0 Å². The first kappa shape index (κ1) is 14.8. The second-order valence-electron chi connectivity index (χ2n) is 5.02. The summed E-state index contributed by atoms with van der Waals surface area (Å²) in [7, 11) is 0. The number of esters is 1. The van der Waals surface area contributed by atoms with Crippen molar-refractivity contribution >= 4 is 32.9 Å². The van der Waals surface area contributed by atoms with Crippen molar-refractivity contribution in [3.63, 3.8) is 0 Å². The zero-order chi connectivity index (χ0) is 15.9. The molecule has 0 atom stereocenters. The van der Waals surface area contributed by atoms with E-state index < -0.39 is 5.97 Å². The van der Waals surface area contributed by atoms with Crippen LogP contribution in [0.15, 0.2) is 31.5 Å². The van der Waals surface area contributed by atoms with E-state index in [1.54, 1.807) is 0 Å². The Labute approximate surface area is 135 Å². The second kappa shape index (κ2) is 5.61. The molecule has 0 N–H and O–H groups in total. The van der Waals surface area contributed by atoms with Crippen molar-refractivity contribution < 1.29 is 18.4 Å². The summed E-state index contributed by atoms with van der Waals surface area (Å²) in [5, 5.41) is 0.879. The van der Waals surface area contributed by atoms with Crippen molar-refractivity contribution in [2.75, 3.05) is 0 Å². The van der Waals surface area contributed by atoms with Gasteiger partial charge in [0.2, 0.25) is 11.7 Å². The summed E-state index contributed by atoms with van der Waals surface area (Å²) >= 11 is 3.40. The molecule has 0 aliphatic heterocycles. The fourth-order valence-corrected chi connectivity index (χ4v) is 2.54. The van der Waals surface area contributed by atoms with Crippen molar-refractivity contribution in [1.82, 2.24) is 4.98 Å². The fourth-order valence-electron chi connectivity index (χ4n) is 2.18. The fraction of sp³-hybridized carbons (Fsp3) is 0.250. The topological polar surface area (TPSA) is 65.5 Å². The van der Waals surface area contributed by atoms with Gasteiger partial charge in [0.15, 0.2) is 6.61 Å². The predicted octanol–water partition coefficient (Wildman–Crippen LogP) is 4.47. The lowest BCUT2D eigenvalue weighted by molar-refractivity contribution is 0.0402. The Hall–Kier alpha value is -2.08. The van der Waals surface area contributed by atoms with Gasteiger partial charge in [0.25, 0.3) is 0 Å². The Kier molecular flexibility index (Phi) is 3.78. The number of benzene rings is 1. The highest BCUT2D eigenvalue weighted by Gasteiger charge is 2.20. The number of carbonyl (C=O) groups is 1. The van der Waals surface area contributed by atoms with Crippen LogP contribution >= 0.6 is 15.9 Å². The zero-order valence-electron chi connectivity index (χ0n) is 12.4. The minimum atomic E-state index is -0.529. The lowest BCUT2D eigenvalue weighted by atomic mass is 10.1. The highest BCUT2D eigenvalue weighted by molar-refractivity contribution is 9.10. The van der Waals surface area contributed by atoms with Crippen molar-refractivity contribution in [1.29, 1.82) is 0 Å². The molecule has 3 rings (SSSR count). The van der Waals surface area contributed by atoms with Gasteiger partial charge in [-0.05, 0) is 39.0 Å². The molecular formula is C16H14BrNO4. The number of ether oxygens (including phenoxy) is 1. The quantitative estimate of drug-likeness (QED) is 0.642. The molecule has 0 spiro atoms. The minimum absolute atomic E-state index is 0.0201. The largest absolute Gasteiger partial charge is 0.450 e. The van der Waals surface area contributed by atoms with E-state index in [9.17, 15) is 4.79 Å². The summed E-state index contributed by atoms with van der Waals surface area (Å²) in [6, 6.07) is 5.58. The van der Waals surface area contributed by atoms with E-state index in [0.717, 1.165) is 26.9 Å². The van der Waals surface area contributed by atoms with Crippen LogP contribution in [0, 0.1) is 20.8 Å². The Bertz CT molecular complexity index is 843. The number of rotatable bonds is 3. The number of aryl methyl sites for hydroxylation is 3. The standard InChI is InChI=1S/C16H14BrNO4/c1-8-12-6-11(17)4-5-13(12)22-15(8)16(19)20-7-14-18-9(2)10(3)21-14/h4-6H,7H2,1-3H3. The third kappa shape index (κ3) is 2.66. The van der Waals surface area contributed by atoms with Crippen LogP contribution in [0.25, 0.3) is 11.0 Å². The number of hydrogen-bond acceptors (Lipinski definition) is 5. The molecule has 2 aromatic heterocycles. The first-order valence-electron chi connectivity index (χ1n) is 6.74. The van der Waals surface area contributed by atoms with E-state index in [0.29, 0.717) is 11.5 Å². The maximum atomic E-state index is 12.2. The number of furan rings is 1. The molecule has 114 valence electrons. The molecule has 3 aromatic rings. The number of nitrogens with zero attached hydrogens (tertiary/aromatic N) is 1. The Balaban J connectivity index is 1.81. The molecule has 6 heteroatoms. The van der Waals surface area contributed by atoms with Crippen LogP contribution < -0.4 is 0 Å². The van der Waals surface area contributed by atoms with Gasteiger partial charge in [-0.25, -0.2) is 9.78 Å². The van der Waals surface area contributed by atoms with Crippen LogP contribution in [0.5, 0.6) is 0 Å². The molecule has 2 heterocycles. The summed E-state index contributed by atoms with van der Waals surface area (Å²) < 4.78 is 17.1. The smallest absolute Gasteiger partial charge is 0.375 e. The van der Waals surface area contributed by atoms with Gasteiger partial charge < -0.3 is 13.6 Å². The highest BCUT2D eigenvalue weighted by atomic mass is 79.9. The summed E-state index contributed by atoms with van der Waals surface area (Å²) in [5.74, 6) is 0.766. The van der Waals surface area contributed by atoms with Gasteiger partial charge in [0.05, 0.1) is 5.69 Å². The normalized spacial score (nSPS) is 11.1. The van der Waals surface area contributed by atoms with Crippen molar-refractivity contribution in [2.24, 2.45) is 0 Å². The van der Waals surface area contributed by atoms with E-state index in [-0.39, 0.29) is 12.4 Å². The molecule has 22 heavy (non-hydrogen) atoms. The lowest BCUT2D eigenvalue weighted by Gasteiger charge is -2.00. The third-order valence-corrected chi connectivity index (χ3v) is 3.98. The van der Waals surface area contributed by atoms with E-state index >= 15 is 0 Å². The highest BCUT2D eigenvalue weighted by Crippen LogP contribution is 2.28. The lowest BCUT2D eigenvalue weighted by Crippen LogP contribution is -2.05. The van der Waals surface area contributed by atoms with Crippen molar-refractivity contribution in [3.8, 4) is 0 Å². The van der Waals surface area contributed by atoms with Crippen LogP contribution in [0.1, 0.15) is 33.5 Å². The Morgan fingerprint density at radius 3 is 2.73 bits per heavy atom. The summed E-state index contributed by atoms with van der Waals surface area (Å²) in [4.78, 5) is 16.4. The van der Waals surface area contributed by atoms with Gasteiger partial charge in [-0.1, -0.05) is 15.9 Å². The molecule has 0 saturated carbocycles. The second-order valence-corrected chi connectivity index (χ2v) is 5.94. The van der Waals surface area contributed by atoms with Crippen LogP contribution in [0.3, 0.4) is 0 Å². The number of oxazole rings is 1. The zero-order valence-corrected chi connectivity index (χ0v) is 14.0. The van der Waals surface area contributed by atoms with E-state index in [1.807, 2.05) is 39.0 Å².